The number of aromatic nitrogens is 2. The summed E-state index contributed by atoms with van der Waals surface area (Å²) in [6, 6.07) is 8.55. The Labute approximate surface area is 108 Å². The van der Waals surface area contributed by atoms with Gasteiger partial charge in [0, 0.05) is 17.7 Å². The summed E-state index contributed by atoms with van der Waals surface area (Å²) >= 11 is 1.31. The lowest BCUT2D eigenvalue weighted by atomic mass is 10.3. The van der Waals surface area contributed by atoms with Gasteiger partial charge in [0.1, 0.15) is 5.82 Å². The summed E-state index contributed by atoms with van der Waals surface area (Å²) in [4.78, 5) is 4.68. The molecule has 0 aliphatic carbocycles. The molecule has 1 aromatic carbocycles. The van der Waals surface area contributed by atoms with Gasteiger partial charge in [-0.15, -0.1) is 11.8 Å². The molecule has 0 fully saturated rings. The Kier molecular flexibility index (Phi) is 4.31. The molecule has 1 heterocycles. The van der Waals surface area contributed by atoms with Crippen LogP contribution in [-0.2, 0) is 12.2 Å². The molecule has 1 aromatic heterocycles. The minimum absolute atomic E-state index is 0.254. The monoisotopic (exact) mass is 263 g/mol. The molecule has 2 rings (SSSR count). The summed E-state index contributed by atoms with van der Waals surface area (Å²) in [5, 5.41) is 12.2. The third-order valence-electron chi connectivity index (χ3n) is 2.15. The average molecular weight is 263 g/mol. The SMILES string of the molecule is N#CCCc1nc(CSc2ccccc2F)no1. The second kappa shape index (κ2) is 6.17. The molecule has 0 spiro atoms. The van der Waals surface area contributed by atoms with Crippen LogP contribution in [0.4, 0.5) is 4.39 Å². The molecule has 0 radical (unpaired) electrons. The highest BCUT2D eigenvalue weighted by molar-refractivity contribution is 7.98. The summed E-state index contributed by atoms with van der Waals surface area (Å²) < 4.78 is 18.3. The lowest BCUT2D eigenvalue weighted by Crippen LogP contribution is -1.87. The number of halogens is 1. The minimum atomic E-state index is -0.254. The molecule has 92 valence electrons. The van der Waals surface area contributed by atoms with Crippen molar-refractivity contribution in [1.82, 2.24) is 10.1 Å². The zero-order valence-electron chi connectivity index (χ0n) is 9.47. The zero-order chi connectivity index (χ0) is 12.8. The fraction of sp³-hybridized carbons (Fsp3) is 0.250. The van der Waals surface area contributed by atoms with Crippen molar-refractivity contribution >= 4 is 11.8 Å². The molecule has 18 heavy (non-hydrogen) atoms. The Balaban J connectivity index is 1.93. The van der Waals surface area contributed by atoms with E-state index >= 15 is 0 Å². The number of aryl methyl sites for hydroxylation is 1. The van der Waals surface area contributed by atoms with Crippen molar-refractivity contribution in [2.24, 2.45) is 0 Å². The third-order valence-corrected chi connectivity index (χ3v) is 3.20. The molecule has 0 bridgehead atoms. The molecule has 0 saturated heterocycles. The van der Waals surface area contributed by atoms with Gasteiger partial charge in [-0.1, -0.05) is 17.3 Å². The van der Waals surface area contributed by atoms with Crippen molar-refractivity contribution in [2.45, 2.75) is 23.5 Å². The van der Waals surface area contributed by atoms with E-state index in [1.54, 1.807) is 18.2 Å². The maximum Gasteiger partial charge on any atom is 0.227 e. The number of thioether (sulfide) groups is 1. The molecule has 0 amide bonds. The summed E-state index contributed by atoms with van der Waals surface area (Å²) in [6.07, 6.45) is 0.802. The topological polar surface area (TPSA) is 62.7 Å². The molecular weight excluding hydrogens is 253 g/mol. The van der Waals surface area contributed by atoms with Crippen molar-refractivity contribution in [1.29, 1.82) is 5.26 Å². The highest BCUT2D eigenvalue weighted by atomic mass is 32.2. The van der Waals surface area contributed by atoms with Crippen molar-refractivity contribution in [3.05, 3.63) is 41.8 Å². The summed E-state index contributed by atoms with van der Waals surface area (Å²) in [5.74, 6) is 1.14. The normalized spacial score (nSPS) is 10.2. The standard InChI is InChI=1S/C12H10FN3OS/c13-9-4-1-2-5-10(9)18-8-11-15-12(17-16-11)6-3-7-14/h1-2,4-5H,3,6,8H2. The number of hydrogen-bond acceptors (Lipinski definition) is 5. The molecule has 0 atom stereocenters. The lowest BCUT2D eigenvalue weighted by Gasteiger charge is -1.99. The van der Waals surface area contributed by atoms with Gasteiger partial charge >= 0.3 is 0 Å². The van der Waals surface area contributed by atoms with E-state index in [0.29, 0.717) is 35.2 Å². The van der Waals surface area contributed by atoms with Crippen LogP contribution < -0.4 is 0 Å². The smallest absolute Gasteiger partial charge is 0.227 e. The first-order chi connectivity index (χ1) is 8.79. The van der Waals surface area contributed by atoms with Crippen molar-refractivity contribution in [3.63, 3.8) is 0 Å². The number of hydrogen-bond donors (Lipinski definition) is 0. The fourth-order valence-electron chi connectivity index (χ4n) is 1.32. The first-order valence-corrected chi connectivity index (χ1v) is 6.34. The van der Waals surface area contributed by atoms with Gasteiger partial charge in [0.25, 0.3) is 0 Å². The molecule has 0 N–H and O–H groups in total. The quantitative estimate of drug-likeness (QED) is 0.776. The van der Waals surface area contributed by atoms with E-state index < -0.39 is 0 Å². The van der Waals surface area contributed by atoms with Gasteiger partial charge in [-0.25, -0.2) is 4.39 Å². The van der Waals surface area contributed by atoms with E-state index in [0.717, 1.165) is 0 Å². The van der Waals surface area contributed by atoms with Gasteiger partial charge < -0.3 is 4.52 Å². The van der Waals surface area contributed by atoms with Gasteiger partial charge in [-0.05, 0) is 12.1 Å². The maximum atomic E-state index is 13.3. The summed E-state index contributed by atoms with van der Waals surface area (Å²) in [6.45, 7) is 0. The van der Waals surface area contributed by atoms with E-state index in [1.807, 2.05) is 6.07 Å². The van der Waals surface area contributed by atoms with Crippen molar-refractivity contribution < 1.29 is 8.91 Å². The van der Waals surface area contributed by atoms with Gasteiger partial charge in [0.05, 0.1) is 11.8 Å². The van der Waals surface area contributed by atoms with E-state index in [-0.39, 0.29) is 5.82 Å². The van der Waals surface area contributed by atoms with E-state index in [1.165, 1.54) is 17.8 Å². The second-order valence-corrected chi connectivity index (χ2v) is 4.50. The van der Waals surface area contributed by atoms with Crippen LogP contribution in [0.25, 0.3) is 0 Å². The van der Waals surface area contributed by atoms with Crippen molar-refractivity contribution in [3.8, 4) is 6.07 Å². The molecular formula is C12H10FN3OS. The minimum Gasteiger partial charge on any atom is -0.339 e. The number of rotatable bonds is 5. The number of nitriles is 1. The van der Waals surface area contributed by atoms with E-state index in [4.69, 9.17) is 9.78 Å². The van der Waals surface area contributed by atoms with Crippen LogP contribution in [0.5, 0.6) is 0 Å². The molecule has 0 aliphatic heterocycles. The van der Waals surface area contributed by atoms with Gasteiger partial charge in [-0.2, -0.15) is 10.2 Å². The van der Waals surface area contributed by atoms with E-state index in [9.17, 15) is 4.39 Å². The van der Waals surface area contributed by atoms with Crippen LogP contribution >= 0.6 is 11.8 Å². The average Bonchev–Trinajstić information content (AvgIpc) is 2.83. The first kappa shape index (κ1) is 12.6. The van der Waals surface area contributed by atoms with Crippen LogP contribution in [-0.4, -0.2) is 10.1 Å². The second-order valence-electron chi connectivity index (χ2n) is 3.48. The van der Waals surface area contributed by atoms with Crippen LogP contribution in [0.15, 0.2) is 33.7 Å². The molecule has 0 aliphatic rings. The summed E-state index contributed by atoms with van der Waals surface area (Å²) in [7, 11) is 0. The predicted molar refractivity (Wildman–Crippen MR) is 64.2 cm³/mol. The summed E-state index contributed by atoms with van der Waals surface area (Å²) in [5.41, 5.74) is 0. The lowest BCUT2D eigenvalue weighted by molar-refractivity contribution is 0.375. The fourth-order valence-corrected chi connectivity index (χ4v) is 2.10. The Hall–Kier alpha value is -1.87. The Morgan fingerprint density at radius 3 is 3.00 bits per heavy atom. The number of benzene rings is 1. The van der Waals surface area contributed by atoms with Gasteiger partial charge in [-0.3, -0.25) is 0 Å². The molecule has 6 heteroatoms. The maximum absolute atomic E-state index is 13.3. The largest absolute Gasteiger partial charge is 0.339 e. The van der Waals surface area contributed by atoms with Crippen LogP contribution in [0.3, 0.4) is 0 Å². The molecule has 2 aromatic rings. The highest BCUT2D eigenvalue weighted by Gasteiger charge is 2.08. The zero-order valence-corrected chi connectivity index (χ0v) is 10.3. The van der Waals surface area contributed by atoms with Crippen LogP contribution in [0, 0.1) is 17.1 Å². The Morgan fingerprint density at radius 2 is 2.22 bits per heavy atom. The third kappa shape index (κ3) is 3.31. The van der Waals surface area contributed by atoms with Crippen LogP contribution in [0.1, 0.15) is 18.1 Å². The highest BCUT2D eigenvalue weighted by Crippen LogP contribution is 2.24. The molecule has 0 saturated carbocycles. The van der Waals surface area contributed by atoms with Crippen molar-refractivity contribution in [2.75, 3.05) is 0 Å². The molecule has 0 unspecified atom stereocenters. The number of nitrogens with zero attached hydrogens (tertiary/aromatic N) is 3. The Bertz CT molecular complexity index is 564. The van der Waals surface area contributed by atoms with Crippen LogP contribution in [0.2, 0.25) is 0 Å². The first-order valence-electron chi connectivity index (χ1n) is 5.35. The predicted octanol–water partition coefficient (Wildman–Crippen LogP) is 2.96. The van der Waals surface area contributed by atoms with Gasteiger partial charge in [0.15, 0.2) is 5.82 Å². The van der Waals surface area contributed by atoms with E-state index in [2.05, 4.69) is 10.1 Å². The molecule has 4 nitrogen and oxygen atoms in total. The Morgan fingerprint density at radius 1 is 1.39 bits per heavy atom. The van der Waals surface area contributed by atoms with Gasteiger partial charge in [0.2, 0.25) is 5.89 Å².